The molecule has 1 saturated carbocycles. The van der Waals surface area contributed by atoms with Gasteiger partial charge in [0.15, 0.2) is 0 Å². The largest absolute Gasteiger partial charge is 0.364 e. The van der Waals surface area contributed by atoms with Crippen molar-refractivity contribution in [2.24, 2.45) is 0 Å². The molecule has 0 unspecified atom stereocenters. The zero-order valence-corrected chi connectivity index (χ0v) is 14.3. The molecule has 24 heavy (non-hydrogen) atoms. The Labute approximate surface area is 144 Å². The molecule has 8 heteroatoms. The number of nitrogens with zero attached hydrogens (tertiary/aromatic N) is 5. The van der Waals surface area contributed by atoms with E-state index in [1.807, 2.05) is 12.1 Å². The Morgan fingerprint density at radius 2 is 1.92 bits per heavy atom. The van der Waals surface area contributed by atoms with E-state index in [-0.39, 0.29) is 24.2 Å². The number of carbonyl (C=O) groups excluding carboxylic acids is 1. The fourth-order valence-electron chi connectivity index (χ4n) is 2.96. The van der Waals surface area contributed by atoms with Gasteiger partial charge in [-0.2, -0.15) is 9.36 Å². The summed E-state index contributed by atoms with van der Waals surface area (Å²) in [4.78, 5) is 26.2. The molecule has 7 nitrogen and oxygen atoms in total. The lowest BCUT2D eigenvalue weighted by Crippen LogP contribution is -2.35. The van der Waals surface area contributed by atoms with Crippen molar-refractivity contribution < 1.29 is 4.79 Å². The number of benzene rings is 1. The Morgan fingerprint density at radius 3 is 2.58 bits per heavy atom. The minimum atomic E-state index is -0.310. The Bertz CT molecular complexity index is 762. The van der Waals surface area contributed by atoms with E-state index in [1.165, 1.54) is 4.68 Å². The predicted molar refractivity (Wildman–Crippen MR) is 89.7 cm³/mol. The summed E-state index contributed by atoms with van der Waals surface area (Å²) in [5, 5.41) is 8.44. The number of amides is 1. The highest BCUT2D eigenvalue weighted by atomic mass is 35.5. The maximum Gasteiger partial charge on any atom is 0.364 e. The monoisotopic (exact) mass is 349 g/mol. The Kier molecular flexibility index (Phi) is 4.99. The number of halogens is 1. The highest BCUT2D eigenvalue weighted by Gasteiger charge is 2.22. The minimum absolute atomic E-state index is 0.102. The summed E-state index contributed by atoms with van der Waals surface area (Å²) in [6, 6.07) is 7.43. The molecule has 1 aromatic heterocycles. The normalized spacial score (nSPS) is 14.9. The summed E-state index contributed by atoms with van der Waals surface area (Å²) in [7, 11) is 1.70. The first kappa shape index (κ1) is 16.7. The molecule has 0 bridgehead atoms. The first-order chi connectivity index (χ1) is 11.5. The van der Waals surface area contributed by atoms with Gasteiger partial charge in [-0.25, -0.2) is 4.79 Å². The van der Waals surface area contributed by atoms with Gasteiger partial charge in [0.2, 0.25) is 5.91 Å². The number of hydrogen-bond donors (Lipinski definition) is 0. The zero-order valence-electron chi connectivity index (χ0n) is 13.6. The SMILES string of the molecule is CN(Cc1ccc(Cl)cc1)C(=O)Cn1nnn(C2CCCC2)c1=O. The van der Waals surface area contributed by atoms with Crippen molar-refractivity contribution in [3.05, 3.63) is 45.3 Å². The summed E-state index contributed by atoms with van der Waals surface area (Å²) in [5.41, 5.74) is 0.660. The first-order valence-electron chi connectivity index (χ1n) is 8.05. The van der Waals surface area contributed by atoms with Gasteiger partial charge in [-0.3, -0.25) is 4.79 Å². The van der Waals surface area contributed by atoms with E-state index < -0.39 is 0 Å². The van der Waals surface area contributed by atoms with Crippen LogP contribution in [-0.4, -0.2) is 37.6 Å². The third kappa shape index (κ3) is 3.67. The van der Waals surface area contributed by atoms with Gasteiger partial charge >= 0.3 is 5.69 Å². The van der Waals surface area contributed by atoms with E-state index >= 15 is 0 Å². The lowest BCUT2D eigenvalue weighted by molar-refractivity contribution is -0.131. The molecule has 1 aliphatic carbocycles. The van der Waals surface area contributed by atoms with Crippen molar-refractivity contribution >= 4 is 17.5 Å². The van der Waals surface area contributed by atoms with Crippen molar-refractivity contribution in [1.82, 2.24) is 24.7 Å². The van der Waals surface area contributed by atoms with Gasteiger partial charge < -0.3 is 4.90 Å². The molecule has 0 radical (unpaired) electrons. The lowest BCUT2D eigenvalue weighted by Gasteiger charge is -2.16. The van der Waals surface area contributed by atoms with Crippen LogP contribution < -0.4 is 5.69 Å². The third-order valence-corrected chi connectivity index (χ3v) is 4.63. The fraction of sp³-hybridized carbons (Fsp3) is 0.500. The van der Waals surface area contributed by atoms with Crippen LogP contribution in [0.3, 0.4) is 0 Å². The molecule has 0 saturated heterocycles. The number of rotatable bonds is 5. The topological polar surface area (TPSA) is 73.0 Å². The average Bonchev–Trinajstić information content (AvgIpc) is 3.20. The van der Waals surface area contributed by atoms with Crippen LogP contribution in [-0.2, 0) is 17.9 Å². The van der Waals surface area contributed by atoms with E-state index in [0.717, 1.165) is 35.9 Å². The van der Waals surface area contributed by atoms with Crippen LogP contribution in [0.4, 0.5) is 0 Å². The van der Waals surface area contributed by atoms with E-state index in [1.54, 1.807) is 24.1 Å². The minimum Gasteiger partial charge on any atom is -0.340 e. The number of aromatic nitrogens is 4. The van der Waals surface area contributed by atoms with Crippen LogP contribution in [0.15, 0.2) is 29.1 Å². The van der Waals surface area contributed by atoms with Crippen LogP contribution in [0.1, 0.15) is 37.3 Å². The highest BCUT2D eigenvalue weighted by Crippen LogP contribution is 2.27. The molecule has 3 rings (SSSR count). The fourth-order valence-corrected chi connectivity index (χ4v) is 3.09. The second-order valence-corrected chi connectivity index (χ2v) is 6.61. The lowest BCUT2D eigenvalue weighted by atomic mass is 10.2. The van der Waals surface area contributed by atoms with Gasteiger partial charge in [-0.05, 0) is 41.0 Å². The van der Waals surface area contributed by atoms with Gasteiger partial charge in [-0.1, -0.05) is 36.6 Å². The smallest absolute Gasteiger partial charge is 0.340 e. The molecule has 0 N–H and O–H groups in total. The van der Waals surface area contributed by atoms with Crippen molar-refractivity contribution in [2.75, 3.05) is 7.05 Å². The molecule has 1 aromatic carbocycles. The second kappa shape index (κ2) is 7.17. The van der Waals surface area contributed by atoms with E-state index in [4.69, 9.17) is 11.6 Å². The molecule has 1 aliphatic rings. The molecule has 1 fully saturated rings. The van der Waals surface area contributed by atoms with Crippen LogP contribution in [0.5, 0.6) is 0 Å². The van der Waals surface area contributed by atoms with Crippen LogP contribution in [0.25, 0.3) is 0 Å². The first-order valence-corrected chi connectivity index (χ1v) is 8.43. The number of likely N-dealkylation sites (N-methyl/N-ethyl adjacent to an activating group) is 1. The molecule has 1 amide bonds. The summed E-state index contributed by atoms with van der Waals surface area (Å²) < 4.78 is 2.55. The molecule has 0 atom stereocenters. The molecule has 1 heterocycles. The highest BCUT2D eigenvalue weighted by molar-refractivity contribution is 6.30. The Balaban J connectivity index is 1.63. The van der Waals surface area contributed by atoms with Crippen molar-refractivity contribution in [2.45, 2.75) is 44.8 Å². The molecule has 128 valence electrons. The number of carbonyl (C=O) groups is 1. The van der Waals surface area contributed by atoms with Gasteiger partial charge in [-0.15, -0.1) is 0 Å². The summed E-state index contributed by atoms with van der Waals surface area (Å²) in [6.07, 6.45) is 4.10. The van der Waals surface area contributed by atoms with Gasteiger partial charge in [0.25, 0.3) is 0 Å². The van der Waals surface area contributed by atoms with E-state index in [9.17, 15) is 9.59 Å². The molecule has 0 spiro atoms. The number of tetrazole rings is 1. The molecule has 2 aromatic rings. The quantitative estimate of drug-likeness (QED) is 0.826. The summed E-state index contributed by atoms with van der Waals surface area (Å²) >= 11 is 5.86. The molecular formula is C16H20ClN5O2. The Morgan fingerprint density at radius 1 is 1.25 bits per heavy atom. The molecule has 0 aliphatic heterocycles. The van der Waals surface area contributed by atoms with E-state index in [0.29, 0.717) is 11.6 Å². The van der Waals surface area contributed by atoms with Gasteiger partial charge in [0.1, 0.15) is 6.54 Å². The maximum absolute atomic E-state index is 12.3. The Hall–Kier alpha value is -2.15. The van der Waals surface area contributed by atoms with E-state index in [2.05, 4.69) is 10.4 Å². The van der Waals surface area contributed by atoms with Crippen LogP contribution >= 0.6 is 11.6 Å². The second-order valence-electron chi connectivity index (χ2n) is 6.18. The summed E-state index contributed by atoms with van der Waals surface area (Å²) in [5.74, 6) is -0.189. The maximum atomic E-state index is 12.3. The van der Waals surface area contributed by atoms with Crippen molar-refractivity contribution in [3.8, 4) is 0 Å². The van der Waals surface area contributed by atoms with Gasteiger partial charge in [0.05, 0.1) is 6.04 Å². The predicted octanol–water partition coefficient (Wildman–Crippen LogP) is 1.87. The molecular weight excluding hydrogens is 330 g/mol. The average molecular weight is 350 g/mol. The standard InChI is InChI=1S/C16H20ClN5O2/c1-20(10-12-6-8-13(17)9-7-12)15(23)11-21-16(24)22(19-18-21)14-4-2-3-5-14/h6-9,14H,2-5,10-11H2,1H3. The summed E-state index contributed by atoms with van der Waals surface area (Å²) in [6.45, 7) is 0.344. The van der Waals surface area contributed by atoms with Crippen LogP contribution in [0.2, 0.25) is 5.02 Å². The van der Waals surface area contributed by atoms with Crippen molar-refractivity contribution in [1.29, 1.82) is 0 Å². The van der Waals surface area contributed by atoms with Gasteiger partial charge in [0, 0.05) is 18.6 Å². The third-order valence-electron chi connectivity index (χ3n) is 4.38. The van der Waals surface area contributed by atoms with Crippen LogP contribution in [0, 0.1) is 0 Å². The number of hydrogen-bond acceptors (Lipinski definition) is 4. The zero-order chi connectivity index (χ0) is 17.1. The van der Waals surface area contributed by atoms with Crippen molar-refractivity contribution in [3.63, 3.8) is 0 Å².